The summed E-state index contributed by atoms with van der Waals surface area (Å²) in [7, 11) is 0. The molecule has 1 aromatic heterocycles. The third-order valence-corrected chi connectivity index (χ3v) is 6.09. The van der Waals surface area contributed by atoms with Gasteiger partial charge in [0.15, 0.2) is 17.3 Å². The Labute approximate surface area is 232 Å². The molecule has 0 aliphatic rings. The molecule has 2 N–H and O–H groups in total. The van der Waals surface area contributed by atoms with Crippen LogP contribution < -0.4 is 19.6 Å². The molecule has 9 nitrogen and oxygen atoms in total. The number of nitrogens with zero attached hydrogens (tertiary/aromatic N) is 1. The fourth-order valence-electron chi connectivity index (χ4n) is 3.63. The Bertz CT molecular complexity index is 1500. The molecule has 0 spiro atoms. The van der Waals surface area contributed by atoms with Crippen molar-refractivity contribution in [2.24, 2.45) is 5.10 Å². The van der Waals surface area contributed by atoms with E-state index < -0.39 is 11.9 Å². The minimum Gasteiger partial charge on any atom is -0.494 e. The molecule has 4 aromatic rings. The summed E-state index contributed by atoms with van der Waals surface area (Å²) in [6, 6.07) is 17.1. The molecule has 3 aromatic carbocycles. The van der Waals surface area contributed by atoms with E-state index in [9.17, 15) is 14.7 Å². The van der Waals surface area contributed by atoms with Crippen molar-refractivity contribution in [2.75, 3.05) is 13.2 Å². The van der Waals surface area contributed by atoms with Gasteiger partial charge in [-0.1, -0.05) is 12.1 Å². The predicted molar refractivity (Wildman–Crippen MR) is 151 cm³/mol. The second-order valence-corrected chi connectivity index (χ2v) is 9.16. The van der Waals surface area contributed by atoms with Crippen molar-refractivity contribution in [1.29, 1.82) is 0 Å². The monoisotopic (exact) mass is 628 g/mol. The maximum atomic E-state index is 12.6. The van der Waals surface area contributed by atoms with Gasteiger partial charge in [-0.2, -0.15) is 5.10 Å². The molecule has 10 heteroatoms. The van der Waals surface area contributed by atoms with Crippen LogP contribution in [0.5, 0.6) is 17.2 Å². The number of carbonyl (C=O) groups is 2. The van der Waals surface area contributed by atoms with E-state index in [2.05, 4.69) is 33.1 Å². The number of hydrazone groups is 1. The second kappa shape index (κ2) is 12.5. The van der Waals surface area contributed by atoms with Crippen LogP contribution in [0.2, 0.25) is 0 Å². The molecule has 1 amide bonds. The molecule has 0 unspecified atom stereocenters. The largest absolute Gasteiger partial charge is 0.494 e. The first-order valence-electron chi connectivity index (χ1n) is 11.8. The van der Waals surface area contributed by atoms with Crippen LogP contribution in [-0.2, 0) is 6.61 Å². The molecule has 38 heavy (non-hydrogen) atoms. The highest BCUT2D eigenvalue weighted by Crippen LogP contribution is 2.34. The summed E-state index contributed by atoms with van der Waals surface area (Å²) in [4.78, 5) is 23.8. The number of fused-ring (bicyclic) bond motifs is 1. The summed E-state index contributed by atoms with van der Waals surface area (Å²) in [5.41, 5.74) is 4.65. The van der Waals surface area contributed by atoms with E-state index in [1.165, 1.54) is 12.3 Å². The second-order valence-electron chi connectivity index (χ2n) is 8.00. The summed E-state index contributed by atoms with van der Waals surface area (Å²) in [6.45, 7) is 4.89. The molecular formula is C28H25IN2O7. The molecular weight excluding hydrogens is 603 g/mol. The zero-order valence-corrected chi connectivity index (χ0v) is 22.9. The smallest absolute Gasteiger partial charge is 0.335 e. The molecule has 0 saturated carbocycles. The van der Waals surface area contributed by atoms with Crippen LogP contribution >= 0.6 is 22.6 Å². The lowest BCUT2D eigenvalue weighted by Gasteiger charge is -2.15. The number of ether oxygens (including phenoxy) is 3. The van der Waals surface area contributed by atoms with E-state index >= 15 is 0 Å². The van der Waals surface area contributed by atoms with Crippen LogP contribution in [0.1, 0.15) is 45.9 Å². The molecule has 0 radical (unpaired) electrons. The van der Waals surface area contributed by atoms with Gasteiger partial charge in [-0.05, 0) is 96.1 Å². The quantitative estimate of drug-likeness (QED) is 0.121. The minimum absolute atomic E-state index is 0.131. The Morgan fingerprint density at radius 3 is 2.61 bits per heavy atom. The van der Waals surface area contributed by atoms with E-state index in [4.69, 9.17) is 18.6 Å². The van der Waals surface area contributed by atoms with Gasteiger partial charge in [-0.25, -0.2) is 10.2 Å². The number of rotatable bonds is 11. The number of aromatic carboxylic acids is 1. The highest BCUT2D eigenvalue weighted by molar-refractivity contribution is 14.1. The highest BCUT2D eigenvalue weighted by Gasteiger charge is 2.14. The average Bonchev–Trinajstić information content (AvgIpc) is 3.32. The zero-order chi connectivity index (χ0) is 27.1. The third kappa shape index (κ3) is 6.62. The Morgan fingerprint density at radius 1 is 1.03 bits per heavy atom. The maximum absolute atomic E-state index is 12.6. The number of benzene rings is 3. The van der Waals surface area contributed by atoms with Crippen molar-refractivity contribution in [1.82, 2.24) is 5.43 Å². The van der Waals surface area contributed by atoms with E-state index in [0.717, 1.165) is 14.5 Å². The number of hydrogen-bond donors (Lipinski definition) is 2. The molecule has 0 bridgehead atoms. The molecule has 0 aliphatic heterocycles. The van der Waals surface area contributed by atoms with Crippen molar-refractivity contribution < 1.29 is 33.3 Å². The van der Waals surface area contributed by atoms with Gasteiger partial charge < -0.3 is 23.7 Å². The molecule has 1 heterocycles. The molecule has 0 aliphatic carbocycles. The third-order valence-electron chi connectivity index (χ3n) is 5.29. The van der Waals surface area contributed by atoms with Crippen molar-refractivity contribution in [3.05, 3.63) is 86.7 Å². The summed E-state index contributed by atoms with van der Waals surface area (Å²) >= 11 is 2.13. The predicted octanol–water partition coefficient (Wildman–Crippen LogP) is 5.88. The van der Waals surface area contributed by atoms with Gasteiger partial charge in [0.2, 0.25) is 0 Å². The first-order chi connectivity index (χ1) is 18.4. The first kappa shape index (κ1) is 27.0. The minimum atomic E-state index is -0.997. The fraction of sp³-hybridized carbons (Fsp3) is 0.179. The maximum Gasteiger partial charge on any atom is 0.335 e. The van der Waals surface area contributed by atoms with Gasteiger partial charge in [0.25, 0.3) is 0 Å². The van der Waals surface area contributed by atoms with E-state index in [1.54, 1.807) is 42.5 Å². The number of carbonyl (C=O) groups excluding carboxylic acids is 1. The number of furan rings is 1. The van der Waals surface area contributed by atoms with Gasteiger partial charge in [0.1, 0.15) is 17.9 Å². The molecule has 4 rings (SSSR count). The van der Waals surface area contributed by atoms with E-state index in [-0.39, 0.29) is 17.9 Å². The lowest BCUT2D eigenvalue weighted by Crippen LogP contribution is -2.16. The summed E-state index contributed by atoms with van der Waals surface area (Å²) in [5.74, 6) is 0.381. The van der Waals surface area contributed by atoms with Crippen LogP contribution in [-0.4, -0.2) is 36.4 Å². The highest BCUT2D eigenvalue weighted by atomic mass is 127. The van der Waals surface area contributed by atoms with Gasteiger partial charge in [0, 0.05) is 5.39 Å². The van der Waals surface area contributed by atoms with Gasteiger partial charge >= 0.3 is 11.9 Å². The van der Waals surface area contributed by atoms with Crippen LogP contribution in [0.3, 0.4) is 0 Å². The van der Waals surface area contributed by atoms with Crippen LogP contribution in [0.15, 0.2) is 70.2 Å². The summed E-state index contributed by atoms with van der Waals surface area (Å²) < 4.78 is 23.6. The number of halogens is 1. The number of amides is 1. The average molecular weight is 628 g/mol. The number of hydrogen-bond acceptors (Lipinski definition) is 7. The van der Waals surface area contributed by atoms with E-state index in [1.807, 2.05) is 26.0 Å². The topological polar surface area (TPSA) is 120 Å². The molecule has 196 valence electrons. The van der Waals surface area contributed by atoms with Crippen molar-refractivity contribution in [3.8, 4) is 17.2 Å². The molecule has 0 atom stereocenters. The molecule has 0 saturated heterocycles. The van der Waals surface area contributed by atoms with Crippen molar-refractivity contribution in [3.63, 3.8) is 0 Å². The Balaban J connectivity index is 1.45. The van der Waals surface area contributed by atoms with Gasteiger partial charge in [0.05, 0.1) is 28.6 Å². The standard InChI is InChI=1S/C28H25IN2O7/c1-3-35-21-8-9-23-20(13-21)14-25(38-23)27(32)31-30-15-18-11-22(29)26(24(12-18)36-4-2)37-16-17-6-5-7-19(10-17)28(33)34/h5-15H,3-4,16H2,1-2H3,(H,31,32)(H,33,34)/b30-15+. The van der Waals surface area contributed by atoms with Crippen molar-refractivity contribution >= 4 is 51.7 Å². The summed E-state index contributed by atoms with van der Waals surface area (Å²) in [5, 5.41) is 14.0. The Hall–Kier alpha value is -4.06. The number of carboxylic acid groups (broad SMARTS) is 1. The lowest BCUT2D eigenvalue weighted by molar-refractivity contribution is 0.0696. The molecule has 0 fully saturated rings. The van der Waals surface area contributed by atoms with Crippen LogP contribution in [0.25, 0.3) is 11.0 Å². The van der Waals surface area contributed by atoms with Crippen LogP contribution in [0.4, 0.5) is 0 Å². The normalized spacial score (nSPS) is 11.0. The van der Waals surface area contributed by atoms with E-state index in [0.29, 0.717) is 41.6 Å². The fourth-order valence-corrected chi connectivity index (χ4v) is 4.41. The Kier molecular flexibility index (Phi) is 8.85. The summed E-state index contributed by atoms with van der Waals surface area (Å²) in [6.07, 6.45) is 1.50. The Morgan fingerprint density at radius 2 is 1.84 bits per heavy atom. The number of nitrogens with one attached hydrogen (secondary N) is 1. The van der Waals surface area contributed by atoms with Gasteiger partial charge in [-0.15, -0.1) is 0 Å². The SMILES string of the molecule is CCOc1ccc2oc(C(=O)N/N=C/c3cc(I)c(OCc4cccc(C(=O)O)c4)c(OCC)c3)cc2c1. The zero-order valence-electron chi connectivity index (χ0n) is 20.7. The van der Waals surface area contributed by atoms with Crippen molar-refractivity contribution in [2.45, 2.75) is 20.5 Å². The number of carboxylic acids is 1. The van der Waals surface area contributed by atoms with Gasteiger partial charge in [-0.3, -0.25) is 4.79 Å². The first-order valence-corrected chi connectivity index (χ1v) is 12.9. The van der Waals surface area contributed by atoms with Crippen LogP contribution in [0, 0.1) is 3.57 Å². The lowest BCUT2D eigenvalue weighted by atomic mass is 10.1.